The van der Waals surface area contributed by atoms with Gasteiger partial charge in [0.05, 0.1) is 10.7 Å². The smallest absolute Gasteiger partial charge is 0.284 e. The van der Waals surface area contributed by atoms with Crippen molar-refractivity contribution in [3.8, 4) is 5.75 Å². The van der Waals surface area contributed by atoms with Crippen LogP contribution in [0.15, 0.2) is 22.7 Å². The fourth-order valence-electron chi connectivity index (χ4n) is 2.80. The van der Waals surface area contributed by atoms with Crippen molar-refractivity contribution in [1.29, 1.82) is 0 Å². The molecule has 0 unspecified atom stereocenters. The Balaban J connectivity index is 2.01. The van der Waals surface area contributed by atoms with Crippen LogP contribution in [0.3, 0.4) is 0 Å². The molecule has 0 atom stereocenters. The van der Waals surface area contributed by atoms with E-state index in [9.17, 15) is 4.79 Å². The second kappa shape index (κ2) is 9.39. The Kier molecular flexibility index (Phi) is 7.51. The second-order valence-corrected chi connectivity index (χ2v) is 7.45. The number of aromatic nitrogens is 2. The highest BCUT2D eigenvalue weighted by Crippen LogP contribution is 2.27. The van der Waals surface area contributed by atoms with Crippen molar-refractivity contribution in [2.75, 3.05) is 6.61 Å². The average molecular weight is 428 g/mol. The van der Waals surface area contributed by atoms with Crippen LogP contribution in [0.4, 0.5) is 0 Å². The van der Waals surface area contributed by atoms with Crippen molar-refractivity contribution in [3.63, 3.8) is 0 Å². The fraction of sp³-hybridized carbons (Fsp3) is 0.474. The van der Waals surface area contributed by atoms with Gasteiger partial charge < -0.3 is 4.74 Å². The van der Waals surface area contributed by atoms with Crippen LogP contribution in [0.5, 0.6) is 5.75 Å². The van der Waals surface area contributed by atoms with Gasteiger partial charge in [-0.1, -0.05) is 53.7 Å². The Bertz CT molecular complexity index is 743. The summed E-state index contributed by atoms with van der Waals surface area (Å²) in [6, 6.07) is 5.29. The number of nitrogens with zero attached hydrogens (tertiary/aromatic N) is 2. The molecule has 0 bridgehead atoms. The summed E-state index contributed by atoms with van der Waals surface area (Å²) >= 11 is 9.46. The summed E-state index contributed by atoms with van der Waals surface area (Å²) in [6.45, 7) is 6.00. The van der Waals surface area contributed by atoms with Crippen LogP contribution < -0.4 is 4.74 Å². The lowest BCUT2D eigenvalue weighted by Gasteiger charge is -2.09. The van der Waals surface area contributed by atoms with Crippen LogP contribution in [0, 0.1) is 13.8 Å². The lowest BCUT2D eigenvalue weighted by molar-refractivity contribution is 0.0818. The number of rotatable bonds is 8. The van der Waals surface area contributed by atoms with E-state index >= 15 is 0 Å². The van der Waals surface area contributed by atoms with Crippen LogP contribution in [-0.2, 0) is 6.42 Å². The molecule has 4 nitrogen and oxygen atoms in total. The minimum Gasteiger partial charge on any atom is -0.482 e. The molecule has 0 spiro atoms. The van der Waals surface area contributed by atoms with Gasteiger partial charge in [-0.15, -0.1) is 0 Å². The van der Waals surface area contributed by atoms with Crippen molar-refractivity contribution in [2.45, 2.75) is 52.9 Å². The highest BCUT2D eigenvalue weighted by atomic mass is 79.9. The monoisotopic (exact) mass is 426 g/mol. The molecule has 1 aromatic carbocycles. The molecular weight excluding hydrogens is 404 g/mol. The first-order chi connectivity index (χ1) is 11.9. The first kappa shape index (κ1) is 20.0. The van der Waals surface area contributed by atoms with E-state index in [1.54, 1.807) is 12.1 Å². The van der Waals surface area contributed by atoms with E-state index < -0.39 is 0 Å². The van der Waals surface area contributed by atoms with E-state index in [2.05, 4.69) is 28.0 Å². The third kappa shape index (κ3) is 5.32. The van der Waals surface area contributed by atoms with Gasteiger partial charge in [0.1, 0.15) is 5.75 Å². The van der Waals surface area contributed by atoms with Gasteiger partial charge in [-0.3, -0.25) is 4.79 Å². The Hall–Kier alpha value is -1.33. The van der Waals surface area contributed by atoms with Crippen LogP contribution in [0.1, 0.15) is 54.4 Å². The molecule has 1 heterocycles. The van der Waals surface area contributed by atoms with Crippen molar-refractivity contribution >= 4 is 33.4 Å². The van der Waals surface area contributed by atoms with E-state index in [4.69, 9.17) is 16.3 Å². The predicted molar refractivity (Wildman–Crippen MR) is 105 cm³/mol. The number of halogens is 2. The standard InChI is InChI=1S/C19H24BrClN2O2/c1-4-5-6-7-8-16-13(2)22-23(14(16)3)19(24)12-25-18-10-9-15(20)11-17(18)21/h9-11H,4-8,12H2,1-3H3. The van der Waals surface area contributed by atoms with Crippen molar-refractivity contribution in [3.05, 3.63) is 44.6 Å². The molecule has 0 aliphatic carbocycles. The zero-order chi connectivity index (χ0) is 18.4. The minimum atomic E-state index is -0.195. The van der Waals surface area contributed by atoms with E-state index in [-0.39, 0.29) is 12.5 Å². The summed E-state index contributed by atoms with van der Waals surface area (Å²) in [6.07, 6.45) is 5.75. The van der Waals surface area contributed by atoms with Gasteiger partial charge in [-0.25, -0.2) is 4.68 Å². The maximum Gasteiger partial charge on any atom is 0.284 e. The summed E-state index contributed by atoms with van der Waals surface area (Å²) < 4.78 is 7.88. The molecule has 0 radical (unpaired) electrons. The number of carbonyl (C=O) groups excluding carboxylic acids is 1. The molecular formula is C19H24BrClN2O2. The highest BCUT2D eigenvalue weighted by molar-refractivity contribution is 9.10. The molecule has 2 rings (SSSR count). The number of hydrogen-bond donors (Lipinski definition) is 0. The molecule has 0 saturated heterocycles. The van der Waals surface area contributed by atoms with Gasteiger partial charge in [0.15, 0.2) is 6.61 Å². The van der Waals surface area contributed by atoms with Gasteiger partial charge in [0, 0.05) is 10.2 Å². The number of aryl methyl sites for hydroxylation is 1. The zero-order valence-corrected chi connectivity index (χ0v) is 17.3. The van der Waals surface area contributed by atoms with Crippen LogP contribution in [0.25, 0.3) is 0 Å². The summed E-state index contributed by atoms with van der Waals surface area (Å²) in [5.74, 6) is 0.291. The Morgan fingerprint density at radius 3 is 2.72 bits per heavy atom. The van der Waals surface area contributed by atoms with Crippen molar-refractivity contribution in [1.82, 2.24) is 9.78 Å². The topological polar surface area (TPSA) is 44.1 Å². The van der Waals surface area contributed by atoms with Gasteiger partial charge >= 0.3 is 0 Å². The Morgan fingerprint density at radius 1 is 1.28 bits per heavy atom. The van der Waals surface area contributed by atoms with Crippen molar-refractivity contribution in [2.24, 2.45) is 0 Å². The first-order valence-electron chi connectivity index (χ1n) is 8.60. The van der Waals surface area contributed by atoms with E-state index in [0.29, 0.717) is 10.8 Å². The SMILES string of the molecule is CCCCCCc1c(C)nn(C(=O)COc2ccc(Br)cc2Cl)c1C. The molecule has 2 aromatic rings. The lowest BCUT2D eigenvalue weighted by Crippen LogP contribution is -2.22. The van der Waals surface area contributed by atoms with Crippen molar-refractivity contribution < 1.29 is 9.53 Å². The largest absolute Gasteiger partial charge is 0.482 e. The maximum atomic E-state index is 12.5. The summed E-state index contributed by atoms with van der Waals surface area (Å²) in [4.78, 5) is 12.5. The number of hydrogen-bond acceptors (Lipinski definition) is 3. The summed E-state index contributed by atoms with van der Waals surface area (Å²) in [5, 5.41) is 4.87. The summed E-state index contributed by atoms with van der Waals surface area (Å²) in [7, 11) is 0. The van der Waals surface area contributed by atoms with Crippen LogP contribution in [0.2, 0.25) is 5.02 Å². The zero-order valence-electron chi connectivity index (χ0n) is 14.9. The normalized spacial score (nSPS) is 10.9. The number of carbonyl (C=O) groups is 1. The molecule has 0 aliphatic heterocycles. The van der Waals surface area contributed by atoms with E-state index in [0.717, 1.165) is 28.7 Å². The van der Waals surface area contributed by atoms with Gasteiger partial charge in [0.25, 0.3) is 5.91 Å². The molecule has 0 saturated carbocycles. The first-order valence-corrected chi connectivity index (χ1v) is 9.77. The third-order valence-corrected chi connectivity index (χ3v) is 4.99. The molecule has 0 amide bonds. The molecule has 0 N–H and O–H groups in total. The molecule has 136 valence electrons. The lowest BCUT2D eigenvalue weighted by atomic mass is 10.0. The fourth-order valence-corrected chi connectivity index (χ4v) is 3.53. The highest BCUT2D eigenvalue weighted by Gasteiger charge is 2.17. The Labute approximate surface area is 162 Å². The van der Waals surface area contributed by atoms with Gasteiger partial charge in [0.2, 0.25) is 0 Å². The van der Waals surface area contributed by atoms with E-state index in [1.165, 1.54) is 29.5 Å². The molecule has 6 heteroatoms. The third-order valence-electron chi connectivity index (χ3n) is 4.20. The number of benzene rings is 1. The number of ether oxygens (including phenoxy) is 1. The molecule has 1 aromatic heterocycles. The second-order valence-electron chi connectivity index (χ2n) is 6.13. The van der Waals surface area contributed by atoms with Crippen LogP contribution in [-0.4, -0.2) is 22.3 Å². The number of unbranched alkanes of at least 4 members (excludes halogenated alkanes) is 3. The molecule has 25 heavy (non-hydrogen) atoms. The van der Waals surface area contributed by atoms with E-state index in [1.807, 2.05) is 19.9 Å². The van der Waals surface area contributed by atoms with Gasteiger partial charge in [-0.05, 0) is 50.5 Å². The quantitative estimate of drug-likeness (QED) is 0.503. The minimum absolute atomic E-state index is 0.0986. The molecule has 0 fully saturated rings. The van der Waals surface area contributed by atoms with Crippen LogP contribution >= 0.6 is 27.5 Å². The van der Waals surface area contributed by atoms with Gasteiger partial charge in [-0.2, -0.15) is 5.10 Å². The molecule has 0 aliphatic rings. The maximum absolute atomic E-state index is 12.5. The predicted octanol–water partition coefficient (Wildman–Crippen LogP) is 5.76. The Morgan fingerprint density at radius 2 is 2.04 bits per heavy atom. The summed E-state index contributed by atoms with van der Waals surface area (Å²) in [5.41, 5.74) is 3.00. The average Bonchev–Trinajstić information content (AvgIpc) is 2.85.